The minimum atomic E-state index is -0.0559. The van der Waals surface area contributed by atoms with Gasteiger partial charge in [-0.25, -0.2) is 0 Å². The second kappa shape index (κ2) is 9.48. The number of tetrazole rings is 1. The molecule has 1 aliphatic heterocycles. The van der Waals surface area contributed by atoms with Crippen LogP contribution < -0.4 is 0 Å². The first kappa shape index (κ1) is 20.0. The average molecular weight is 398 g/mol. The number of fused-ring (bicyclic) bond motifs is 1. The van der Waals surface area contributed by atoms with Crippen LogP contribution in [0.15, 0.2) is 30.3 Å². The van der Waals surface area contributed by atoms with Crippen LogP contribution in [-0.4, -0.2) is 56.8 Å². The summed E-state index contributed by atoms with van der Waals surface area (Å²) >= 11 is 0. The lowest BCUT2D eigenvalue weighted by Crippen LogP contribution is -2.43. The van der Waals surface area contributed by atoms with Gasteiger partial charge in [-0.15, -0.1) is 10.2 Å². The molecular weight excluding hydrogens is 366 g/mol. The minimum Gasteiger partial charge on any atom is -0.468 e. The maximum atomic E-state index is 12.3. The van der Waals surface area contributed by atoms with Gasteiger partial charge in [0, 0.05) is 11.6 Å². The van der Waals surface area contributed by atoms with Gasteiger partial charge >= 0.3 is 5.97 Å². The first-order chi connectivity index (χ1) is 14.3. The van der Waals surface area contributed by atoms with Crippen molar-refractivity contribution in [3.8, 4) is 11.4 Å². The predicted molar refractivity (Wildman–Crippen MR) is 110 cm³/mol. The molecule has 7 heteroatoms. The number of carbonyl (C=O) groups is 1. The molecule has 2 heterocycles. The molecule has 156 valence electrons. The standard InChI is InChI=1S/C22H31N5O2/c1-29-22(28)20-16-18-12-6-7-13-19(18)26(20)14-8-3-9-15-27-24-21(23-25-27)17-10-4-2-5-11-17/h2,4-5,10-11,18-20H,3,6-9,12-16H2,1H3. The molecule has 0 amide bonds. The summed E-state index contributed by atoms with van der Waals surface area (Å²) < 4.78 is 5.09. The summed E-state index contributed by atoms with van der Waals surface area (Å²) in [4.78, 5) is 16.4. The van der Waals surface area contributed by atoms with Crippen molar-refractivity contribution in [3.63, 3.8) is 0 Å². The first-order valence-corrected chi connectivity index (χ1v) is 10.9. The van der Waals surface area contributed by atoms with Gasteiger partial charge in [0.15, 0.2) is 0 Å². The van der Waals surface area contributed by atoms with Gasteiger partial charge in [-0.3, -0.25) is 9.69 Å². The van der Waals surface area contributed by atoms with E-state index in [4.69, 9.17) is 4.74 Å². The Morgan fingerprint density at radius 1 is 1.10 bits per heavy atom. The topological polar surface area (TPSA) is 73.1 Å². The van der Waals surface area contributed by atoms with E-state index in [2.05, 4.69) is 20.3 Å². The van der Waals surface area contributed by atoms with Crippen molar-refractivity contribution in [1.82, 2.24) is 25.1 Å². The maximum Gasteiger partial charge on any atom is 0.323 e. The zero-order chi connectivity index (χ0) is 20.1. The van der Waals surface area contributed by atoms with E-state index in [9.17, 15) is 4.79 Å². The van der Waals surface area contributed by atoms with E-state index in [-0.39, 0.29) is 12.0 Å². The summed E-state index contributed by atoms with van der Waals surface area (Å²) in [6.45, 7) is 1.74. The molecule has 7 nitrogen and oxygen atoms in total. The Morgan fingerprint density at radius 2 is 1.90 bits per heavy atom. The van der Waals surface area contributed by atoms with Crippen molar-refractivity contribution < 1.29 is 9.53 Å². The van der Waals surface area contributed by atoms with E-state index in [0.717, 1.165) is 44.3 Å². The molecule has 29 heavy (non-hydrogen) atoms. The highest BCUT2D eigenvalue weighted by Gasteiger charge is 2.45. The molecular formula is C22H31N5O2. The minimum absolute atomic E-state index is 0.0430. The number of benzene rings is 1. The Kier molecular flexibility index (Phi) is 6.54. The van der Waals surface area contributed by atoms with E-state index in [0.29, 0.717) is 17.8 Å². The molecule has 1 aromatic carbocycles. The molecule has 1 saturated carbocycles. The van der Waals surface area contributed by atoms with Gasteiger partial charge in [0.05, 0.1) is 13.7 Å². The van der Waals surface area contributed by atoms with Crippen molar-refractivity contribution in [2.24, 2.45) is 5.92 Å². The molecule has 1 aliphatic carbocycles. The smallest absolute Gasteiger partial charge is 0.323 e. The summed E-state index contributed by atoms with van der Waals surface area (Å²) in [6.07, 6.45) is 9.23. The summed E-state index contributed by atoms with van der Waals surface area (Å²) in [5, 5.41) is 12.8. The van der Waals surface area contributed by atoms with Gasteiger partial charge in [0.1, 0.15) is 6.04 Å². The largest absolute Gasteiger partial charge is 0.468 e. The molecule has 0 radical (unpaired) electrons. The number of rotatable bonds is 8. The number of likely N-dealkylation sites (tertiary alicyclic amines) is 1. The lowest BCUT2D eigenvalue weighted by molar-refractivity contribution is -0.146. The van der Waals surface area contributed by atoms with Crippen LogP contribution in [0.5, 0.6) is 0 Å². The molecule has 2 aliphatic rings. The fourth-order valence-electron chi connectivity index (χ4n) is 5.01. The van der Waals surface area contributed by atoms with E-state index in [1.807, 2.05) is 30.3 Å². The van der Waals surface area contributed by atoms with Crippen LogP contribution >= 0.6 is 0 Å². The van der Waals surface area contributed by atoms with Crippen molar-refractivity contribution in [1.29, 1.82) is 0 Å². The summed E-state index contributed by atoms with van der Waals surface area (Å²) in [7, 11) is 1.51. The van der Waals surface area contributed by atoms with Crippen molar-refractivity contribution >= 4 is 5.97 Å². The highest BCUT2D eigenvalue weighted by Crippen LogP contribution is 2.40. The second-order valence-corrected chi connectivity index (χ2v) is 8.26. The van der Waals surface area contributed by atoms with Gasteiger partial charge in [0.2, 0.25) is 5.82 Å². The van der Waals surface area contributed by atoms with Crippen LogP contribution in [0.2, 0.25) is 0 Å². The van der Waals surface area contributed by atoms with Crippen LogP contribution in [-0.2, 0) is 16.1 Å². The Bertz CT molecular complexity index is 794. The van der Waals surface area contributed by atoms with Crippen LogP contribution in [0.1, 0.15) is 51.4 Å². The molecule has 4 rings (SSSR count). The van der Waals surface area contributed by atoms with Crippen LogP contribution in [0.3, 0.4) is 0 Å². The van der Waals surface area contributed by atoms with Gasteiger partial charge in [-0.2, -0.15) is 4.80 Å². The third kappa shape index (κ3) is 4.66. The highest BCUT2D eigenvalue weighted by molar-refractivity contribution is 5.76. The lowest BCUT2D eigenvalue weighted by Gasteiger charge is -2.33. The third-order valence-electron chi connectivity index (χ3n) is 6.45. The monoisotopic (exact) mass is 397 g/mol. The number of esters is 1. The number of aromatic nitrogens is 4. The zero-order valence-corrected chi connectivity index (χ0v) is 17.2. The predicted octanol–water partition coefficient (Wildman–Crippen LogP) is 3.32. The number of methoxy groups -OCH3 is 1. The summed E-state index contributed by atoms with van der Waals surface area (Å²) in [5.74, 6) is 1.29. The Morgan fingerprint density at radius 3 is 2.72 bits per heavy atom. The lowest BCUT2D eigenvalue weighted by atomic mass is 9.84. The SMILES string of the molecule is COC(=O)C1CC2CCCCC2N1CCCCCn1nnc(-c2ccccc2)n1. The Labute approximate surface area is 172 Å². The fourth-order valence-corrected chi connectivity index (χ4v) is 5.01. The van der Waals surface area contributed by atoms with Gasteiger partial charge < -0.3 is 4.74 Å². The number of ether oxygens (including phenoxy) is 1. The van der Waals surface area contributed by atoms with Crippen molar-refractivity contribution in [2.75, 3.05) is 13.7 Å². The highest BCUT2D eigenvalue weighted by atomic mass is 16.5. The molecule has 0 N–H and O–H groups in total. The van der Waals surface area contributed by atoms with Gasteiger partial charge in [0.25, 0.3) is 0 Å². The quantitative estimate of drug-likeness (QED) is 0.503. The molecule has 3 atom stereocenters. The van der Waals surface area contributed by atoms with Crippen molar-refractivity contribution in [2.45, 2.75) is 70.0 Å². The fraction of sp³-hybridized carbons (Fsp3) is 0.636. The molecule has 2 aromatic rings. The van der Waals surface area contributed by atoms with Crippen molar-refractivity contribution in [3.05, 3.63) is 30.3 Å². The number of carbonyl (C=O) groups excluding carboxylic acids is 1. The number of hydrogen-bond acceptors (Lipinski definition) is 6. The molecule has 0 bridgehead atoms. The molecule has 0 spiro atoms. The normalized spacial score (nSPS) is 24.4. The van der Waals surface area contributed by atoms with E-state index in [1.165, 1.54) is 32.8 Å². The zero-order valence-electron chi connectivity index (χ0n) is 17.2. The van der Waals surface area contributed by atoms with Gasteiger partial charge in [-0.1, -0.05) is 49.6 Å². The second-order valence-electron chi connectivity index (χ2n) is 8.26. The van der Waals surface area contributed by atoms with E-state index in [1.54, 1.807) is 4.80 Å². The number of nitrogens with zero attached hydrogens (tertiary/aromatic N) is 5. The molecule has 1 aromatic heterocycles. The molecule has 2 fully saturated rings. The number of hydrogen-bond donors (Lipinski definition) is 0. The molecule has 3 unspecified atom stereocenters. The van der Waals surface area contributed by atoms with Crippen LogP contribution in [0.4, 0.5) is 0 Å². The van der Waals surface area contributed by atoms with Crippen LogP contribution in [0, 0.1) is 5.92 Å². The number of unbranched alkanes of at least 4 members (excludes halogenated alkanes) is 2. The maximum absolute atomic E-state index is 12.3. The van der Waals surface area contributed by atoms with Gasteiger partial charge in [-0.05, 0) is 49.8 Å². The molecule has 1 saturated heterocycles. The number of aryl methyl sites for hydroxylation is 1. The third-order valence-corrected chi connectivity index (χ3v) is 6.45. The summed E-state index contributed by atoms with van der Waals surface area (Å²) in [5.41, 5.74) is 0.990. The Balaban J connectivity index is 1.24. The van der Waals surface area contributed by atoms with E-state index < -0.39 is 0 Å². The summed E-state index contributed by atoms with van der Waals surface area (Å²) in [6, 6.07) is 10.5. The first-order valence-electron chi connectivity index (χ1n) is 10.9. The van der Waals surface area contributed by atoms with E-state index >= 15 is 0 Å². The average Bonchev–Trinajstić information content (AvgIpc) is 3.39. The Hall–Kier alpha value is -2.28. The van der Waals surface area contributed by atoms with Crippen LogP contribution in [0.25, 0.3) is 11.4 Å².